The molecule has 0 aliphatic carbocycles. The molecule has 0 unspecified atom stereocenters. The average molecular weight is 300 g/mol. The predicted molar refractivity (Wildman–Crippen MR) is 81.6 cm³/mol. The SMILES string of the molecule is Cc1ccc([C@H]2OCCC[C@H]2NC(=O)c2cc(C)no2)cc1. The van der Waals surface area contributed by atoms with Crippen LogP contribution in [0.5, 0.6) is 0 Å². The summed E-state index contributed by atoms with van der Waals surface area (Å²) in [5.41, 5.74) is 2.99. The topological polar surface area (TPSA) is 64.4 Å². The van der Waals surface area contributed by atoms with Crippen molar-refractivity contribution >= 4 is 5.91 Å². The fourth-order valence-electron chi connectivity index (χ4n) is 2.72. The molecular formula is C17H20N2O3. The summed E-state index contributed by atoms with van der Waals surface area (Å²) in [4.78, 5) is 12.3. The molecule has 1 aromatic heterocycles. The number of carbonyl (C=O) groups is 1. The molecule has 0 saturated carbocycles. The highest BCUT2D eigenvalue weighted by Crippen LogP contribution is 2.29. The summed E-state index contributed by atoms with van der Waals surface area (Å²) in [5, 5.41) is 6.76. The summed E-state index contributed by atoms with van der Waals surface area (Å²) < 4.78 is 10.9. The van der Waals surface area contributed by atoms with E-state index in [1.165, 1.54) is 5.56 Å². The van der Waals surface area contributed by atoms with Crippen molar-refractivity contribution in [3.63, 3.8) is 0 Å². The van der Waals surface area contributed by atoms with Crippen LogP contribution in [0.15, 0.2) is 34.9 Å². The third-order valence-corrected chi connectivity index (χ3v) is 3.90. The molecule has 1 saturated heterocycles. The highest BCUT2D eigenvalue weighted by atomic mass is 16.5. The van der Waals surface area contributed by atoms with E-state index in [0.717, 1.165) is 18.4 Å². The van der Waals surface area contributed by atoms with E-state index in [-0.39, 0.29) is 23.8 Å². The normalized spacial score (nSPS) is 21.5. The number of nitrogens with one attached hydrogen (secondary N) is 1. The van der Waals surface area contributed by atoms with Crippen LogP contribution in [-0.2, 0) is 4.74 Å². The molecule has 116 valence electrons. The van der Waals surface area contributed by atoms with Crippen molar-refractivity contribution in [2.24, 2.45) is 0 Å². The minimum Gasteiger partial charge on any atom is -0.371 e. The first-order valence-corrected chi connectivity index (χ1v) is 7.56. The van der Waals surface area contributed by atoms with E-state index in [4.69, 9.17) is 9.26 Å². The summed E-state index contributed by atoms with van der Waals surface area (Å²) in [6, 6.07) is 9.82. The molecule has 1 fully saturated rings. The van der Waals surface area contributed by atoms with Gasteiger partial charge < -0.3 is 14.6 Å². The van der Waals surface area contributed by atoms with E-state index < -0.39 is 0 Å². The van der Waals surface area contributed by atoms with E-state index in [0.29, 0.717) is 12.3 Å². The Hall–Kier alpha value is -2.14. The number of carbonyl (C=O) groups excluding carboxylic acids is 1. The van der Waals surface area contributed by atoms with Gasteiger partial charge in [-0.05, 0) is 32.3 Å². The quantitative estimate of drug-likeness (QED) is 0.946. The summed E-state index contributed by atoms with van der Waals surface area (Å²) in [5.74, 6) is -0.000980. The first-order chi connectivity index (χ1) is 10.6. The lowest BCUT2D eigenvalue weighted by Gasteiger charge is -2.32. The standard InChI is InChI=1S/C17H20N2O3/c1-11-5-7-13(8-6-11)16-14(4-3-9-21-16)18-17(20)15-10-12(2)19-22-15/h5-8,10,14,16H,3-4,9H2,1-2H3,(H,18,20)/t14-,16-/m1/s1. The molecular weight excluding hydrogens is 280 g/mol. The molecule has 1 N–H and O–H groups in total. The largest absolute Gasteiger partial charge is 0.371 e. The molecule has 1 aliphatic heterocycles. The van der Waals surface area contributed by atoms with E-state index in [1.54, 1.807) is 13.0 Å². The molecule has 5 nitrogen and oxygen atoms in total. The monoisotopic (exact) mass is 300 g/mol. The van der Waals surface area contributed by atoms with Gasteiger partial charge >= 0.3 is 0 Å². The van der Waals surface area contributed by atoms with Crippen molar-refractivity contribution in [1.29, 1.82) is 0 Å². The van der Waals surface area contributed by atoms with E-state index in [2.05, 4.69) is 41.7 Å². The van der Waals surface area contributed by atoms with Gasteiger partial charge in [0.05, 0.1) is 11.7 Å². The molecule has 1 amide bonds. The number of amides is 1. The Balaban J connectivity index is 1.75. The number of hydrogen-bond acceptors (Lipinski definition) is 4. The van der Waals surface area contributed by atoms with E-state index >= 15 is 0 Å². The average Bonchev–Trinajstić information content (AvgIpc) is 2.95. The Morgan fingerprint density at radius 2 is 2.05 bits per heavy atom. The molecule has 2 atom stereocenters. The predicted octanol–water partition coefficient (Wildman–Crippen LogP) is 2.94. The fraction of sp³-hybridized carbons (Fsp3) is 0.412. The Morgan fingerprint density at radius 3 is 2.73 bits per heavy atom. The van der Waals surface area contributed by atoms with Crippen molar-refractivity contribution in [2.75, 3.05) is 6.61 Å². The maximum absolute atomic E-state index is 12.3. The number of nitrogens with zero attached hydrogens (tertiary/aromatic N) is 1. The molecule has 1 aromatic carbocycles. The van der Waals surface area contributed by atoms with Gasteiger partial charge in [0.1, 0.15) is 6.10 Å². The molecule has 5 heteroatoms. The minimum absolute atomic E-state index is 0.0608. The van der Waals surface area contributed by atoms with Crippen molar-refractivity contribution in [1.82, 2.24) is 10.5 Å². The Morgan fingerprint density at radius 1 is 1.27 bits per heavy atom. The van der Waals surface area contributed by atoms with Gasteiger partial charge in [-0.25, -0.2) is 0 Å². The van der Waals surface area contributed by atoms with Gasteiger partial charge in [-0.3, -0.25) is 4.79 Å². The Labute approximate surface area is 129 Å². The van der Waals surface area contributed by atoms with Gasteiger partial charge in [-0.15, -0.1) is 0 Å². The Kier molecular flexibility index (Phi) is 4.24. The first kappa shape index (κ1) is 14.8. The number of ether oxygens (including phenoxy) is 1. The molecule has 22 heavy (non-hydrogen) atoms. The first-order valence-electron chi connectivity index (χ1n) is 7.56. The number of hydrogen-bond donors (Lipinski definition) is 1. The molecule has 0 radical (unpaired) electrons. The van der Waals surface area contributed by atoms with Crippen LogP contribution in [0.25, 0.3) is 0 Å². The second kappa shape index (κ2) is 6.32. The lowest BCUT2D eigenvalue weighted by atomic mass is 9.95. The molecule has 0 bridgehead atoms. The van der Waals surface area contributed by atoms with Gasteiger partial charge in [0.15, 0.2) is 0 Å². The van der Waals surface area contributed by atoms with Crippen molar-refractivity contribution in [2.45, 2.75) is 38.8 Å². The van der Waals surface area contributed by atoms with Crippen molar-refractivity contribution in [3.05, 3.63) is 52.9 Å². The zero-order valence-electron chi connectivity index (χ0n) is 12.8. The highest BCUT2D eigenvalue weighted by Gasteiger charge is 2.29. The summed E-state index contributed by atoms with van der Waals surface area (Å²) in [7, 11) is 0. The molecule has 2 heterocycles. The lowest BCUT2D eigenvalue weighted by Crippen LogP contribution is -2.42. The highest BCUT2D eigenvalue weighted by molar-refractivity contribution is 5.91. The van der Waals surface area contributed by atoms with Gasteiger partial charge in [0, 0.05) is 12.7 Å². The molecule has 2 aromatic rings. The zero-order valence-corrected chi connectivity index (χ0v) is 12.8. The zero-order chi connectivity index (χ0) is 15.5. The van der Waals surface area contributed by atoms with Crippen molar-refractivity contribution < 1.29 is 14.1 Å². The summed E-state index contributed by atoms with van der Waals surface area (Å²) >= 11 is 0. The molecule has 3 rings (SSSR count). The van der Waals surface area contributed by atoms with Gasteiger partial charge in [-0.1, -0.05) is 35.0 Å². The maximum atomic E-state index is 12.3. The van der Waals surface area contributed by atoms with Crippen LogP contribution in [0.3, 0.4) is 0 Å². The van der Waals surface area contributed by atoms with Crippen LogP contribution >= 0.6 is 0 Å². The second-order valence-electron chi connectivity index (χ2n) is 5.76. The summed E-state index contributed by atoms with van der Waals surface area (Å²) in [6.45, 7) is 4.56. The smallest absolute Gasteiger partial charge is 0.290 e. The van der Waals surface area contributed by atoms with Crippen LogP contribution in [0.1, 0.15) is 46.3 Å². The van der Waals surface area contributed by atoms with E-state index in [9.17, 15) is 4.79 Å². The van der Waals surface area contributed by atoms with Crippen LogP contribution in [0.4, 0.5) is 0 Å². The molecule has 0 spiro atoms. The number of aryl methyl sites for hydroxylation is 2. The number of rotatable bonds is 3. The van der Waals surface area contributed by atoms with Crippen LogP contribution in [0, 0.1) is 13.8 Å². The van der Waals surface area contributed by atoms with Gasteiger partial charge in [0.25, 0.3) is 5.91 Å². The van der Waals surface area contributed by atoms with Gasteiger partial charge in [-0.2, -0.15) is 0 Å². The molecule has 1 aliphatic rings. The number of benzene rings is 1. The number of aromatic nitrogens is 1. The summed E-state index contributed by atoms with van der Waals surface area (Å²) in [6.07, 6.45) is 1.70. The third-order valence-electron chi connectivity index (χ3n) is 3.90. The second-order valence-corrected chi connectivity index (χ2v) is 5.76. The van der Waals surface area contributed by atoms with Gasteiger partial charge in [0.2, 0.25) is 5.76 Å². The fourth-order valence-corrected chi connectivity index (χ4v) is 2.72. The van der Waals surface area contributed by atoms with Crippen LogP contribution in [0.2, 0.25) is 0 Å². The third kappa shape index (κ3) is 3.20. The lowest BCUT2D eigenvalue weighted by molar-refractivity contribution is -0.00979. The van der Waals surface area contributed by atoms with Crippen LogP contribution in [-0.4, -0.2) is 23.7 Å². The minimum atomic E-state index is -0.242. The maximum Gasteiger partial charge on any atom is 0.290 e. The Bertz CT molecular complexity index is 648. The van der Waals surface area contributed by atoms with Crippen LogP contribution < -0.4 is 5.32 Å². The van der Waals surface area contributed by atoms with Crippen molar-refractivity contribution in [3.8, 4) is 0 Å². The van der Waals surface area contributed by atoms with E-state index in [1.807, 2.05) is 0 Å².